The largest absolute Gasteiger partial charge is 0.457 e. The average Bonchev–Trinajstić information content (AvgIpc) is 2.37. The van der Waals surface area contributed by atoms with Crippen LogP contribution in [-0.4, -0.2) is 0 Å². The topological polar surface area (TPSA) is 35.2 Å². The number of nitrogens with two attached hydrogens (primary N) is 1. The minimum atomic E-state index is -0.302. The van der Waals surface area contributed by atoms with Crippen LogP contribution in [0.3, 0.4) is 0 Å². The van der Waals surface area contributed by atoms with Crippen molar-refractivity contribution in [1.29, 1.82) is 0 Å². The van der Waals surface area contributed by atoms with E-state index in [1.807, 2.05) is 32.0 Å². The number of benzene rings is 2. The molecule has 2 rings (SSSR count). The Kier molecular flexibility index (Phi) is 3.63. The van der Waals surface area contributed by atoms with Gasteiger partial charge in [-0.05, 0) is 49.2 Å². The van der Waals surface area contributed by atoms with Crippen molar-refractivity contribution in [3.05, 3.63) is 58.9 Å². The fourth-order valence-corrected chi connectivity index (χ4v) is 1.76. The molecule has 2 N–H and O–H groups in total. The molecule has 2 aromatic carbocycles. The van der Waals surface area contributed by atoms with Gasteiger partial charge in [-0.15, -0.1) is 0 Å². The van der Waals surface area contributed by atoms with E-state index in [0.717, 1.165) is 16.9 Å². The zero-order valence-electron chi connectivity index (χ0n) is 10.5. The molecule has 0 aliphatic carbocycles. The highest BCUT2D eigenvalue weighted by molar-refractivity contribution is 5.43. The van der Waals surface area contributed by atoms with Gasteiger partial charge in [-0.25, -0.2) is 4.39 Å². The van der Waals surface area contributed by atoms with E-state index >= 15 is 0 Å². The highest BCUT2D eigenvalue weighted by Gasteiger charge is 2.08. The Morgan fingerprint density at radius 2 is 1.89 bits per heavy atom. The molecule has 0 spiro atoms. The van der Waals surface area contributed by atoms with Gasteiger partial charge in [-0.1, -0.05) is 12.1 Å². The van der Waals surface area contributed by atoms with Crippen molar-refractivity contribution < 1.29 is 9.13 Å². The third-order valence-electron chi connectivity index (χ3n) is 3.02. The Labute approximate surface area is 106 Å². The average molecular weight is 245 g/mol. The summed E-state index contributed by atoms with van der Waals surface area (Å²) >= 11 is 0. The van der Waals surface area contributed by atoms with Crippen LogP contribution in [0.15, 0.2) is 36.4 Å². The second-order valence-electron chi connectivity index (χ2n) is 4.26. The van der Waals surface area contributed by atoms with Crippen molar-refractivity contribution in [3.63, 3.8) is 0 Å². The third kappa shape index (κ3) is 2.51. The highest BCUT2D eigenvalue weighted by atomic mass is 19.1. The molecule has 0 unspecified atom stereocenters. The van der Waals surface area contributed by atoms with Gasteiger partial charge in [0.05, 0.1) is 0 Å². The van der Waals surface area contributed by atoms with Gasteiger partial charge < -0.3 is 10.5 Å². The summed E-state index contributed by atoms with van der Waals surface area (Å²) < 4.78 is 18.9. The molecule has 0 atom stereocenters. The van der Waals surface area contributed by atoms with E-state index in [1.165, 1.54) is 12.1 Å². The van der Waals surface area contributed by atoms with Crippen LogP contribution in [0, 0.1) is 19.7 Å². The van der Waals surface area contributed by atoms with Crippen molar-refractivity contribution in [1.82, 2.24) is 0 Å². The lowest BCUT2D eigenvalue weighted by Gasteiger charge is -2.13. The van der Waals surface area contributed by atoms with Crippen LogP contribution in [0.2, 0.25) is 0 Å². The van der Waals surface area contributed by atoms with Crippen LogP contribution in [-0.2, 0) is 6.54 Å². The van der Waals surface area contributed by atoms with E-state index in [4.69, 9.17) is 10.5 Å². The van der Waals surface area contributed by atoms with Crippen molar-refractivity contribution in [2.45, 2.75) is 20.4 Å². The lowest BCUT2D eigenvalue weighted by atomic mass is 10.1. The predicted octanol–water partition coefficient (Wildman–Crippen LogP) is 3.69. The van der Waals surface area contributed by atoms with Crippen LogP contribution in [0.25, 0.3) is 0 Å². The summed E-state index contributed by atoms with van der Waals surface area (Å²) in [6.07, 6.45) is 0. The van der Waals surface area contributed by atoms with Gasteiger partial charge in [0.15, 0.2) is 0 Å². The van der Waals surface area contributed by atoms with Crippen molar-refractivity contribution >= 4 is 0 Å². The summed E-state index contributed by atoms with van der Waals surface area (Å²) in [5.74, 6) is 1.08. The van der Waals surface area contributed by atoms with Crippen molar-refractivity contribution in [3.8, 4) is 11.5 Å². The van der Waals surface area contributed by atoms with Crippen molar-refractivity contribution in [2.24, 2.45) is 5.73 Å². The molecule has 18 heavy (non-hydrogen) atoms. The predicted molar refractivity (Wildman–Crippen MR) is 70.3 cm³/mol. The Hall–Kier alpha value is -1.87. The maximum absolute atomic E-state index is 13.1. The number of aryl methyl sites for hydroxylation is 1. The Bertz CT molecular complexity index is 566. The number of rotatable bonds is 3. The summed E-state index contributed by atoms with van der Waals surface area (Å²) in [6.45, 7) is 4.27. The second kappa shape index (κ2) is 5.19. The van der Waals surface area contributed by atoms with Crippen LogP contribution in [0.4, 0.5) is 4.39 Å². The highest BCUT2D eigenvalue weighted by Crippen LogP contribution is 2.29. The van der Waals surface area contributed by atoms with Gasteiger partial charge in [0, 0.05) is 12.1 Å². The molecule has 0 fully saturated rings. The lowest BCUT2D eigenvalue weighted by molar-refractivity contribution is 0.470. The summed E-state index contributed by atoms with van der Waals surface area (Å²) in [7, 11) is 0. The van der Waals surface area contributed by atoms with Crippen LogP contribution < -0.4 is 10.5 Å². The monoisotopic (exact) mass is 245 g/mol. The molecule has 2 nitrogen and oxygen atoms in total. The molecule has 0 heterocycles. The smallest absolute Gasteiger partial charge is 0.132 e. The SMILES string of the molecule is Cc1cccc(Oc2ccc(F)cc2CN)c1C. The minimum absolute atomic E-state index is 0.248. The molecule has 0 amide bonds. The fourth-order valence-electron chi connectivity index (χ4n) is 1.76. The second-order valence-corrected chi connectivity index (χ2v) is 4.26. The normalized spacial score (nSPS) is 10.4. The standard InChI is InChI=1S/C15H16FNO/c1-10-4-3-5-14(11(10)2)18-15-7-6-13(16)8-12(15)9-17/h3-8H,9,17H2,1-2H3. The van der Waals surface area contributed by atoms with E-state index in [-0.39, 0.29) is 12.4 Å². The minimum Gasteiger partial charge on any atom is -0.457 e. The molecule has 0 saturated carbocycles. The van der Waals surface area contributed by atoms with Gasteiger partial charge in [0.1, 0.15) is 17.3 Å². The lowest BCUT2D eigenvalue weighted by Crippen LogP contribution is -2.01. The molecule has 0 aliphatic rings. The maximum atomic E-state index is 13.1. The van der Waals surface area contributed by atoms with E-state index in [0.29, 0.717) is 11.3 Å². The van der Waals surface area contributed by atoms with E-state index in [1.54, 1.807) is 6.07 Å². The molecule has 0 bridgehead atoms. The molecule has 0 aliphatic heterocycles. The van der Waals surface area contributed by atoms with E-state index < -0.39 is 0 Å². The maximum Gasteiger partial charge on any atom is 0.132 e. The number of hydrogen-bond acceptors (Lipinski definition) is 2. The molecule has 94 valence electrons. The van der Waals surface area contributed by atoms with Gasteiger partial charge in [-0.2, -0.15) is 0 Å². The summed E-state index contributed by atoms with van der Waals surface area (Å²) in [5, 5.41) is 0. The zero-order chi connectivity index (χ0) is 13.1. The molecular formula is C15H16FNO. The zero-order valence-corrected chi connectivity index (χ0v) is 10.5. The van der Waals surface area contributed by atoms with Crippen LogP contribution >= 0.6 is 0 Å². The Morgan fingerprint density at radius 3 is 2.61 bits per heavy atom. The van der Waals surface area contributed by atoms with Gasteiger partial charge in [-0.3, -0.25) is 0 Å². The summed E-state index contributed by atoms with van der Waals surface area (Å²) in [5.41, 5.74) is 8.49. The van der Waals surface area contributed by atoms with E-state index in [9.17, 15) is 4.39 Å². The third-order valence-corrected chi connectivity index (χ3v) is 3.02. The first-order chi connectivity index (χ1) is 8.61. The first kappa shape index (κ1) is 12.6. The molecule has 0 saturated heterocycles. The Morgan fingerprint density at radius 1 is 1.11 bits per heavy atom. The van der Waals surface area contributed by atoms with Crippen molar-refractivity contribution in [2.75, 3.05) is 0 Å². The first-order valence-corrected chi connectivity index (χ1v) is 5.84. The van der Waals surface area contributed by atoms with Gasteiger partial charge >= 0.3 is 0 Å². The quantitative estimate of drug-likeness (QED) is 0.895. The molecule has 0 radical (unpaired) electrons. The summed E-state index contributed by atoms with van der Waals surface area (Å²) in [6, 6.07) is 10.2. The van der Waals surface area contributed by atoms with Crippen LogP contribution in [0.5, 0.6) is 11.5 Å². The van der Waals surface area contributed by atoms with Gasteiger partial charge in [0.25, 0.3) is 0 Å². The fraction of sp³-hybridized carbons (Fsp3) is 0.200. The molecule has 0 aromatic heterocycles. The number of ether oxygens (including phenoxy) is 1. The van der Waals surface area contributed by atoms with Crippen LogP contribution in [0.1, 0.15) is 16.7 Å². The summed E-state index contributed by atoms with van der Waals surface area (Å²) in [4.78, 5) is 0. The Balaban J connectivity index is 2.37. The number of halogens is 1. The number of hydrogen-bond donors (Lipinski definition) is 1. The molecule has 2 aromatic rings. The van der Waals surface area contributed by atoms with Gasteiger partial charge in [0.2, 0.25) is 0 Å². The van der Waals surface area contributed by atoms with E-state index in [2.05, 4.69) is 0 Å². The first-order valence-electron chi connectivity index (χ1n) is 5.84. The molecule has 3 heteroatoms. The molecular weight excluding hydrogens is 229 g/mol.